The minimum atomic E-state index is 0.0219. The predicted molar refractivity (Wildman–Crippen MR) is 111 cm³/mol. The van der Waals surface area contributed by atoms with Gasteiger partial charge in [-0.2, -0.15) is 0 Å². The molecular weight excluding hydrogens is 406 g/mol. The first kappa shape index (κ1) is 16.1. The van der Waals surface area contributed by atoms with E-state index >= 15 is 0 Å². The molecule has 0 aliphatic rings. The summed E-state index contributed by atoms with van der Waals surface area (Å²) in [5.41, 5.74) is 4.82. The molecule has 0 saturated heterocycles. The molecule has 5 rings (SSSR count). The Morgan fingerprint density at radius 1 is 0.815 bits per heavy atom. The molecule has 27 heavy (non-hydrogen) atoms. The number of benzene rings is 2. The molecule has 0 spiro atoms. The van der Waals surface area contributed by atoms with Gasteiger partial charge in [0, 0.05) is 56.8 Å². The molecule has 0 bridgehead atoms. The average molecular weight is 422 g/mol. The van der Waals surface area contributed by atoms with E-state index in [9.17, 15) is 10.2 Å². The Kier molecular flexibility index (Phi) is 3.39. The molecule has 0 saturated carbocycles. The molecule has 0 unspecified atom stereocenters. The van der Waals surface area contributed by atoms with Crippen molar-refractivity contribution in [3.63, 3.8) is 0 Å². The number of hydrogen-bond donors (Lipinski definition) is 4. The maximum Gasteiger partial charge on any atom is 0.202 e. The number of fused-ring (bicyclic) bond motifs is 2. The lowest BCUT2D eigenvalue weighted by Crippen LogP contribution is -1.84. The van der Waals surface area contributed by atoms with Gasteiger partial charge >= 0.3 is 0 Å². The minimum absolute atomic E-state index is 0.0219. The lowest BCUT2D eigenvalue weighted by Gasteiger charge is -2.04. The molecule has 3 heterocycles. The van der Waals surface area contributed by atoms with Crippen LogP contribution in [0, 0.1) is 0 Å². The smallest absolute Gasteiger partial charge is 0.202 e. The van der Waals surface area contributed by atoms with Gasteiger partial charge in [-0.3, -0.25) is 4.57 Å². The topological polar surface area (TPSA) is 77.0 Å². The number of halogens is 1. The maximum absolute atomic E-state index is 10.8. The first-order chi connectivity index (χ1) is 13.1. The zero-order valence-electron chi connectivity index (χ0n) is 14.4. The van der Waals surface area contributed by atoms with Gasteiger partial charge in [0.15, 0.2) is 0 Å². The highest BCUT2D eigenvalue weighted by molar-refractivity contribution is 9.10. The number of para-hydroxylation sites is 1. The Labute approximate surface area is 163 Å². The van der Waals surface area contributed by atoms with Crippen molar-refractivity contribution in [1.29, 1.82) is 0 Å². The summed E-state index contributed by atoms with van der Waals surface area (Å²) in [4.78, 5) is 6.49. The van der Waals surface area contributed by atoms with E-state index in [0.29, 0.717) is 11.1 Å². The second-order valence-corrected chi connectivity index (χ2v) is 7.51. The van der Waals surface area contributed by atoms with Crippen LogP contribution in [0.1, 0.15) is 0 Å². The minimum Gasteiger partial charge on any atom is -0.494 e. The average Bonchev–Trinajstić information content (AvgIpc) is 3.33. The summed E-state index contributed by atoms with van der Waals surface area (Å²) in [5.74, 6) is 0.0465. The normalized spacial score (nSPS) is 11.6. The SMILES string of the molecule is Cn1c(O)c(-c2c[nH]c3ccccc23)c(-c2c[nH]c3ccc(Br)cc23)c1O. The lowest BCUT2D eigenvalue weighted by atomic mass is 9.97. The van der Waals surface area contributed by atoms with Gasteiger partial charge in [-0.1, -0.05) is 34.1 Å². The number of aromatic hydroxyl groups is 2. The molecule has 134 valence electrons. The molecule has 3 aromatic heterocycles. The van der Waals surface area contributed by atoms with Crippen LogP contribution in [0.3, 0.4) is 0 Å². The van der Waals surface area contributed by atoms with Crippen LogP contribution in [0.15, 0.2) is 59.3 Å². The first-order valence-electron chi connectivity index (χ1n) is 8.50. The summed E-state index contributed by atoms with van der Waals surface area (Å²) < 4.78 is 2.35. The third-order valence-electron chi connectivity index (χ3n) is 5.10. The highest BCUT2D eigenvalue weighted by Gasteiger charge is 2.26. The second-order valence-electron chi connectivity index (χ2n) is 6.60. The largest absolute Gasteiger partial charge is 0.494 e. The molecule has 2 aromatic carbocycles. The highest BCUT2D eigenvalue weighted by atomic mass is 79.9. The van der Waals surface area contributed by atoms with Gasteiger partial charge in [-0.25, -0.2) is 0 Å². The van der Waals surface area contributed by atoms with Crippen molar-refractivity contribution in [1.82, 2.24) is 14.5 Å². The summed E-state index contributed by atoms with van der Waals surface area (Å²) in [6.45, 7) is 0. The molecule has 0 radical (unpaired) electrons. The molecule has 0 amide bonds. The number of nitrogens with one attached hydrogen (secondary N) is 2. The number of nitrogens with zero attached hydrogens (tertiary/aromatic N) is 1. The Balaban J connectivity index is 1.88. The summed E-state index contributed by atoms with van der Waals surface area (Å²) in [5, 5.41) is 23.6. The van der Waals surface area contributed by atoms with Crippen LogP contribution in [0.2, 0.25) is 0 Å². The fourth-order valence-electron chi connectivity index (χ4n) is 3.75. The second kappa shape index (κ2) is 5.69. The van der Waals surface area contributed by atoms with Crippen LogP contribution in [0.4, 0.5) is 0 Å². The van der Waals surface area contributed by atoms with Crippen LogP contribution < -0.4 is 0 Å². The van der Waals surface area contributed by atoms with E-state index < -0.39 is 0 Å². The van der Waals surface area contributed by atoms with Gasteiger partial charge in [0.1, 0.15) is 0 Å². The first-order valence-corrected chi connectivity index (χ1v) is 9.29. The molecule has 0 fully saturated rings. The van der Waals surface area contributed by atoms with Crippen molar-refractivity contribution in [2.75, 3.05) is 0 Å². The predicted octanol–water partition coefficient (Wildman–Crippen LogP) is 5.50. The molecule has 5 aromatic rings. The van der Waals surface area contributed by atoms with Crippen molar-refractivity contribution in [3.05, 3.63) is 59.3 Å². The van der Waals surface area contributed by atoms with Gasteiger partial charge in [0.05, 0.1) is 11.1 Å². The summed E-state index contributed by atoms with van der Waals surface area (Å²) >= 11 is 3.52. The molecule has 5 nitrogen and oxygen atoms in total. The highest BCUT2D eigenvalue weighted by Crippen LogP contribution is 2.50. The number of aromatic amines is 2. The number of aromatic nitrogens is 3. The van der Waals surface area contributed by atoms with Crippen LogP contribution in [-0.2, 0) is 7.05 Å². The Morgan fingerprint density at radius 3 is 2.11 bits per heavy atom. The third kappa shape index (κ3) is 2.23. The van der Waals surface area contributed by atoms with Gasteiger partial charge < -0.3 is 20.2 Å². The maximum atomic E-state index is 10.8. The van der Waals surface area contributed by atoms with Crippen LogP contribution in [-0.4, -0.2) is 24.7 Å². The van der Waals surface area contributed by atoms with E-state index in [1.807, 2.05) is 54.9 Å². The van der Waals surface area contributed by atoms with Crippen molar-refractivity contribution in [3.8, 4) is 34.0 Å². The monoisotopic (exact) mass is 421 g/mol. The molecule has 0 atom stereocenters. The molecule has 0 aliphatic heterocycles. The third-order valence-corrected chi connectivity index (χ3v) is 5.60. The van der Waals surface area contributed by atoms with E-state index in [-0.39, 0.29) is 11.8 Å². The van der Waals surface area contributed by atoms with E-state index in [2.05, 4.69) is 25.9 Å². The summed E-state index contributed by atoms with van der Waals surface area (Å²) in [6, 6.07) is 13.9. The fourth-order valence-corrected chi connectivity index (χ4v) is 4.11. The molecule has 6 heteroatoms. The molecule has 4 N–H and O–H groups in total. The van der Waals surface area contributed by atoms with Crippen molar-refractivity contribution >= 4 is 37.7 Å². The van der Waals surface area contributed by atoms with E-state index in [0.717, 1.165) is 37.4 Å². The summed E-state index contributed by atoms with van der Waals surface area (Å²) in [7, 11) is 1.65. The number of hydrogen-bond acceptors (Lipinski definition) is 2. The van der Waals surface area contributed by atoms with Crippen LogP contribution in [0.25, 0.3) is 44.1 Å². The van der Waals surface area contributed by atoms with Gasteiger partial charge in [-0.05, 0) is 24.3 Å². The zero-order chi connectivity index (χ0) is 18.7. The zero-order valence-corrected chi connectivity index (χ0v) is 16.0. The Hall–Kier alpha value is -3.12. The molecule has 0 aliphatic carbocycles. The van der Waals surface area contributed by atoms with Gasteiger partial charge in [0.2, 0.25) is 11.8 Å². The lowest BCUT2D eigenvalue weighted by molar-refractivity contribution is 0.388. The van der Waals surface area contributed by atoms with E-state index in [1.54, 1.807) is 7.05 Å². The van der Waals surface area contributed by atoms with Crippen molar-refractivity contribution in [2.24, 2.45) is 7.05 Å². The Morgan fingerprint density at radius 2 is 1.41 bits per heavy atom. The standard InChI is InChI=1S/C21H16BrN3O2/c1-25-20(26)18(14-9-23-16-5-3-2-4-12(14)16)19(21(25)27)15-10-24-17-7-6-11(22)8-13(15)17/h2-10,23-24,26-27H,1H3. The number of H-pyrrole nitrogens is 2. The summed E-state index contributed by atoms with van der Waals surface area (Å²) in [6.07, 6.45) is 3.73. The van der Waals surface area contributed by atoms with E-state index in [4.69, 9.17) is 0 Å². The Bertz CT molecular complexity index is 1330. The van der Waals surface area contributed by atoms with Gasteiger partial charge in [0.25, 0.3) is 0 Å². The van der Waals surface area contributed by atoms with Crippen molar-refractivity contribution in [2.45, 2.75) is 0 Å². The van der Waals surface area contributed by atoms with Crippen LogP contribution in [0.5, 0.6) is 11.8 Å². The quantitative estimate of drug-likeness (QED) is 0.303. The molecular formula is C21H16BrN3O2. The van der Waals surface area contributed by atoms with Crippen LogP contribution >= 0.6 is 15.9 Å². The van der Waals surface area contributed by atoms with Gasteiger partial charge in [-0.15, -0.1) is 0 Å². The van der Waals surface area contributed by atoms with Crippen molar-refractivity contribution < 1.29 is 10.2 Å². The number of rotatable bonds is 2. The van der Waals surface area contributed by atoms with E-state index in [1.165, 1.54) is 4.57 Å². The fraction of sp³-hybridized carbons (Fsp3) is 0.0476.